The molecule has 3 atom stereocenters. The maximum Gasteiger partial charge on any atom is 0.319 e. The lowest BCUT2D eigenvalue weighted by Gasteiger charge is -2.39. The van der Waals surface area contributed by atoms with E-state index in [-0.39, 0.29) is 12.1 Å². The summed E-state index contributed by atoms with van der Waals surface area (Å²) in [6, 6.07) is 17.6. The number of hydrogen-bond donors (Lipinski definition) is 2. The summed E-state index contributed by atoms with van der Waals surface area (Å²) < 4.78 is 5.18. The van der Waals surface area contributed by atoms with Crippen LogP contribution in [0.2, 0.25) is 0 Å². The molecule has 1 aliphatic heterocycles. The summed E-state index contributed by atoms with van der Waals surface area (Å²) in [5, 5.41) is 15.3. The first-order valence-electron chi connectivity index (χ1n) is 12.1. The number of ether oxygens (including phenoxy) is 1. The van der Waals surface area contributed by atoms with E-state index in [0.717, 1.165) is 37.4 Å². The fourth-order valence-electron chi connectivity index (χ4n) is 5.36. The molecule has 2 N–H and O–H groups in total. The van der Waals surface area contributed by atoms with E-state index in [1.807, 2.05) is 36.4 Å². The zero-order valence-electron chi connectivity index (χ0n) is 19.4. The van der Waals surface area contributed by atoms with Gasteiger partial charge in [0.1, 0.15) is 5.75 Å². The van der Waals surface area contributed by atoms with Gasteiger partial charge in [-0.3, -0.25) is 0 Å². The van der Waals surface area contributed by atoms with Crippen LogP contribution < -0.4 is 20.3 Å². The summed E-state index contributed by atoms with van der Waals surface area (Å²) in [6.45, 7) is 2.12. The number of hydrogen-bond acceptors (Lipinski definition) is 4. The van der Waals surface area contributed by atoms with Crippen LogP contribution in [0.3, 0.4) is 0 Å². The minimum atomic E-state index is -0.125. The third kappa shape index (κ3) is 6.19. The standard InChI is InChI=1S/C27H34N4O2/c1-33-25-14-10-23(11-15-25)29-27(32)30-26-7-3-2-6-22(26)17-21-5-4-16-31(19-21)24-12-8-20(18-28)9-13-24/h8-15,21-22,26H,2-7,16-17,19H2,1H3,(H2,29,30,32)/t21-,22+,26-/m1/s1. The van der Waals surface area contributed by atoms with E-state index in [1.165, 1.54) is 37.8 Å². The van der Waals surface area contributed by atoms with E-state index in [9.17, 15) is 4.79 Å². The van der Waals surface area contributed by atoms with Gasteiger partial charge in [0.15, 0.2) is 0 Å². The number of nitrogens with one attached hydrogen (secondary N) is 2. The van der Waals surface area contributed by atoms with Gasteiger partial charge in [-0.1, -0.05) is 12.8 Å². The number of piperidine rings is 1. The molecule has 1 saturated heterocycles. The summed E-state index contributed by atoms with van der Waals surface area (Å²) >= 11 is 0. The van der Waals surface area contributed by atoms with E-state index in [4.69, 9.17) is 10.00 Å². The zero-order valence-corrected chi connectivity index (χ0v) is 19.4. The maximum atomic E-state index is 12.7. The number of methoxy groups -OCH3 is 1. The molecule has 6 nitrogen and oxygen atoms in total. The van der Waals surface area contributed by atoms with Crippen molar-refractivity contribution < 1.29 is 9.53 Å². The number of amides is 2. The number of benzene rings is 2. The van der Waals surface area contributed by atoms with Crippen LogP contribution in [0.4, 0.5) is 16.2 Å². The molecule has 2 aliphatic rings. The van der Waals surface area contributed by atoms with Crippen LogP contribution in [-0.4, -0.2) is 32.3 Å². The van der Waals surface area contributed by atoms with E-state index in [2.05, 4.69) is 33.7 Å². The Morgan fingerprint density at radius 1 is 1.06 bits per heavy atom. The fourth-order valence-corrected chi connectivity index (χ4v) is 5.36. The zero-order chi connectivity index (χ0) is 23.0. The van der Waals surface area contributed by atoms with Crippen molar-refractivity contribution in [2.75, 3.05) is 30.4 Å². The van der Waals surface area contributed by atoms with E-state index in [1.54, 1.807) is 7.11 Å². The molecule has 2 fully saturated rings. The van der Waals surface area contributed by atoms with Gasteiger partial charge in [-0.05, 0) is 92.5 Å². The van der Waals surface area contributed by atoms with Crippen molar-refractivity contribution in [3.8, 4) is 11.8 Å². The number of urea groups is 1. The van der Waals surface area contributed by atoms with E-state index in [0.29, 0.717) is 17.4 Å². The number of anilines is 2. The van der Waals surface area contributed by atoms with Crippen molar-refractivity contribution in [2.45, 2.75) is 51.0 Å². The molecule has 0 aromatic heterocycles. The minimum absolute atomic E-state index is 0.125. The molecule has 2 aromatic carbocycles. The van der Waals surface area contributed by atoms with Crippen LogP contribution in [-0.2, 0) is 0 Å². The summed E-state index contributed by atoms with van der Waals surface area (Å²) in [5.74, 6) is 1.92. The largest absolute Gasteiger partial charge is 0.497 e. The monoisotopic (exact) mass is 446 g/mol. The third-order valence-electron chi connectivity index (χ3n) is 7.09. The molecule has 0 radical (unpaired) electrons. The second kappa shape index (κ2) is 11.1. The van der Waals surface area contributed by atoms with Crippen LogP contribution in [0.5, 0.6) is 5.75 Å². The van der Waals surface area contributed by atoms with Crippen LogP contribution in [0.1, 0.15) is 50.5 Å². The van der Waals surface area contributed by atoms with Crippen molar-refractivity contribution in [1.82, 2.24) is 5.32 Å². The lowest BCUT2D eigenvalue weighted by Crippen LogP contribution is -2.45. The highest BCUT2D eigenvalue weighted by molar-refractivity contribution is 5.89. The number of carbonyl (C=O) groups excluding carboxylic acids is 1. The van der Waals surface area contributed by atoms with Gasteiger partial charge in [-0.2, -0.15) is 5.26 Å². The first-order chi connectivity index (χ1) is 16.1. The average molecular weight is 447 g/mol. The molecule has 0 bridgehead atoms. The number of nitrogens with zero attached hydrogens (tertiary/aromatic N) is 2. The van der Waals surface area contributed by atoms with Crippen LogP contribution in [0.25, 0.3) is 0 Å². The van der Waals surface area contributed by atoms with E-state index >= 15 is 0 Å². The Morgan fingerprint density at radius 2 is 1.82 bits per heavy atom. The molecule has 1 heterocycles. The Balaban J connectivity index is 1.32. The SMILES string of the molecule is COc1ccc(NC(=O)N[C@@H]2CCCC[C@H]2C[C@H]2CCCN(c3ccc(C#N)cc3)C2)cc1. The predicted octanol–water partition coefficient (Wildman–Crippen LogP) is 5.55. The Kier molecular flexibility index (Phi) is 7.72. The van der Waals surface area contributed by atoms with Gasteiger partial charge in [-0.15, -0.1) is 0 Å². The molecule has 4 rings (SSSR count). The third-order valence-corrected chi connectivity index (χ3v) is 7.09. The minimum Gasteiger partial charge on any atom is -0.497 e. The molecule has 2 amide bonds. The molecule has 1 saturated carbocycles. The van der Waals surface area contributed by atoms with Gasteiger partial charge in [0.25, 0.3) is 0 Å². The van der Waals surface area contributed by atoms with Gasteiger partial charge in [0.05, 0.1) is 18.7 Å². The van der Waals surface area contributed by atoms with E-state index < -0.39 is 0 Å². The lowest BCUT2D eigenvalue weighted by atomic mass is 9.77. The van der Waals surface area contributed by atoms with Crippen LogP contribution in [0.15, 0.2) is 48.5 Å². The maximum absolute atomic E-state index is 12.7. The van der Waals surface area contributed by atoms with Crippen molar-refractivity contribution in [1.29, 1.82) is 5.26 Å². The summed E-state index contributed by atoms with van der Waals surface area (Å²) in [6.07, 6.45) is 8.23. The van der Waals surface area contributed by atoms with Gasteiger partial charge >= 0.3 is 6.03 Å². The summed E-state index contributed by atoms with van der Waals surface area (Å²) in [7, 11) is 1.63. The van der Waals surface area contributed by atoms with Crippen molar-refractivity contribution >= 4 is 17.4 Å². The second-order valence-corrected chi connectivity index (χ2v) is 9.33. The van der Waals surface area contributed by atoms with Crippen molar-refractivity contribution in [3.05, 3.63) is 54.1 Å². The van der Waals surface area contributed by atoms with Gasteiger partial charge in [0.2, 0.25) is 0 Å². The predicted molar refractivity (Wildman–Crippen MR) is 132 cm³/mol. The quantitative estimate of drug-likeness (QED) is 0.609. The van der Waals surface area contributed by atoms with Crippen molar-refractivity contribution in [3.63, 3.8) is 0 Å². The number of nitriles is 1. The molecule has 1 aliphatic carbocycles. The molecule has 33 heavy (non-hydrogen) atoms. The first-order valence-corrected chi connectivity index (χ1v) is 12.1. The Labute approximate surface area is 196 Å². The first kappa shape index (κ1) is 23.0. The number of carbonyl (C=O) groups is 1. The summed E-state index contributed by atoms with van der Waals surface area (Å²) in [5.41, 5.74) is 2.68. The average Bonchev–Trinajstić information content (AvgIpc) is 2.86. The Hall–Kier alpha value is -3.20. The van der Waals surface area contributed by atoms with Gasteiger partial charge in [-0.25, -0.2) is 4.79 Å². The van der Waals surface area contributed by atoms with Crippen LogP contribution in [0, 0.1) is 23.2 Å². The molecule has 0 spiro atoms. The topological polar surface area (TPSA) is 77.4 Å². The summed E-state index contributed by atoms with van der Waals surface area (Å²) in [4.78, 5) is 15.1. The molecule has 2 aromatic rings. The smallest absolute Gasteiger partial charge is 0.319 e. The van der Waals surface area contributed by atoms with Gasteiger partial charge in [0, 0.05) is 30.5 Å². The molecular formula is C27H34N4O2. The normalized spacial score (nSPS) is 22.8. The lowest BCUT2D eigenvalue weighted by molar-refractivity contribution is 0.203. The molecule has 174 valence electrons. The highest BCUT2D eigenvalue weighted by atomic mass is 16.5. The molecule has 6 heteroatoms. The van der Waals surface area contributed by atoms with Crippen LogP contribution >= 0.6 is 0 Å². The highest BCUT2D eigenvalue weighted by Gasteiger charge is 2.30. The van der Waals surface area contributed by atoms with Crippen molar-refractivity contribution in [2.24, 2.45) is 11.8 Å². The molecular weight excluding hydrogens is 412 g/mol. The van der Waals surface area contributed by atoms with Gasteiger partial charge < -0.3 is 20.3 Å². The highest BCUT2D eigenvalue weighted by Crippen LogP contribution is 2.34. The number of rotatable bonds is 6. The Morgan fingerprint density at radius 3 is 2.55 bits per heavy atom. The Bertz CT molecular complexity index is 952. The molecule has 0 unspecified atom stereocenters. The fraction of sp³-hybridized carbons (Fsp3) is 0.481. The second-order valence-electron chi connectivity index (χ2n) is 9.33.